The molecule has 0 radical (unpaired) electrons. The zero-order chi connectivity index (χ0) is 17.3. The van der Waals surface area contributed by atoms with Crippen molar-refractivity contribution in [2.45, 2.75) is 45.2 Å². The second kappa shape index (κ2) is 7.51. The van der Waals surface area contributed by atoms with Gasteiger partial charge < -0.3 is 10.2 Å². The summed E-state index contributed by atoms with van der Waals surface area (Å²) < 4.78 is 0. The molecule has 0 aromatic heterocycles. The average molecular weight is 370 g/mol. The lowest BCUT2D eigenvalue weighted by molar-refractivity contribution is 0.141. The Balaban J connectivity index is 1.51. The van der Waals surface area contributed by atoms with Crippen LogP contribution in [0.25, 0.3) is 0 Å². The van der Waals surface area contributed by atoms with E-state index in [1.165, 1.54) is 12.8 Å². The fraction of sp³-hybridized carbons (Fsp3) is 0.611. The number of nitrogens with zero attached hydrogens (tertiary/aromatic N) is 2. The van der Waals surface area contributed by atoms with Crippen molar-refractivity contribution in [3.05, 3.63) is 28.2 Å². The smallest absolute Gasteiger partial charge is 0.319 e. The summed E-state index contributed by atoms with van der Waals surface area (Å²) in [5.41, 5.74) is 0.686. The first kappa shape index (κ1) is 17.8. The molecule has 3 rings (SSSR count). The second-order valence-corrected chi connectivity index (χ2v) is 8.10. The molecule has 4 nitrogen and oxygen atoms in total. The summed E-state index contributed by atoms with van der Waals surface area (Å²) in [6, 6.07) is 5.97. The normalized spacial score (nSPS) is 23.3. The monoisotopic (exact) mass is 369 g/mol. The fourth-order valence-corrected chi connectivity index (χ4v) is 4.04. The van der Waals surface area contributed by atoms with Gasteiger partial charge in [0, 0.05) is 30.9 Å². The van der Waals surface area contributed by atoms with Crippen molar-refractivity contribution in [3.8, 4) is 0 Å². The summed E-state index contributed by atoms with van der Waals surface area (Å²) in [5, 5.41) is 3.88. The number of urea groups is 1. The third-order valence-electron chi connectivity index (χ3n) is 5.01. The zero-order valence-corrected chi connectivity index (χ0v) is 15.8. The number of likely N-dealkylation sites (tertiary alicyclic amines) is 2. The van der Waals surface area contributed by atoms with Gasteiger partial charge in [0.2, 0.25) is 0 Å². The van der Waals surface area contributed by atoms with Crippen LogP contribution in [-0.2, 0) is 0 Å². The van der Waals surface area contributed by atoms with Crippen LogP contribution in [0.3, 0.4) is 0 Å². The molecule has 132 valence electrons. The summed E-state index contributed by atoms with van der Waals surface area (Å²) in [4.78, 5) is 17.0. The molecule has 1 aromatic carbocycles. The number of rotatable bonds is 5. The molecule has 1 aromatic rings. The van der Waals surface area contributed by atoms with E-state index in [1.807, 2.05) is 4.90 Å². The number of hydrogen-bond donors (Lipinski definition) is 1. The SMILES string of the molecule is CC(C)CCCN1C[C@H]2C[C@@H]1CN2C(=O)Nc1ccc(Cl)c(Cl)c1. The number of piperazine rings is 1. The Bertz CT molecular complexity index is 608. The number of anilines is 1. The quantitative estimate of drug-likeness (QED) is 0.814. The molecule has 2 atom stereocenters. The van der Waals surface area contributed by atoms with Gasteiger partial charge in [-0.3, -0.25) is 4.90 Å². The Labute approximate surface area is 154 Å². The van der Waals surface area contributed by atoms with Crippen molar-refractivity contribution in [2.24, 2.45) is 5.92 Å². The molecule has 6 heteroatoms. The Morgan fingerprint density at radius 3 is 2.67 bits per heavy atom. The molecular formula is C18H25Cl2N3O. The van der Waals surface area contributed by atoms with Crippen molar-refractivity contribution in [3.63, 3.8) is 0 Å². The van der Waals surface area contributed by atoms with Crippen LogP contribution < -0.4 is 5.32 Å². The highest BCUT2D eigenvalue weighted by Gasteiger charge is 2.44. The number of halogens is 2. The lowest BCUT2D eigenvalue weighted by Crippen LogP contribution is -2.50. The van der Waals surface area contributed by atoms with Gasteiger partial charge in [-0.05, 0) is 49.9 Å². The van der Waals surface area contributed by atoms with Crippen LogP contribution in [0.4, 0.5) is 10.5 Å². The van der Waals surface area contributed by atoms with Crippen molar-refractivity contribution >= 4 is 34.9 Å². The van der Waals surface area contributed by atoms with Crippen LogP contribution in [0.1, 0.15) is 33.1 Å². The minimum absolute atomic E-state index is 0.0391. The van der Waals surface area contributed by atoms with E-state index in [4.69, 9.17) is 23.2 Å². The first-order valence-electron chi connectivity index (χ1n) is 8.70. The van der Waals surface area contributed by atoms with Crippen LogP contribution >= 0.6 is 23.2 Å². The Kier molecular flexibility index (Phi) is 5.58. The highest BCUT2D eigenvalue weighted by molar-refractivity contribution is 6.42. The Morgan fingerprint density at radius 2 is 2.04 bits per heavy atom. The number of amides is 2. The maximum atomic E-state index is 12.5. The van der Waals surface area contributed by atoms with Crippen LogP contribution in [0.2, 0.25) is 10.0 Å². The summed E-state index contributed by atoms with van der Waals surface area (Å²) in [6.07, 6.45) is 3.61. The molecule has 0 spiro atoms. The molecule has 2 aliphatic heterocycles. The maximum absolute atomic E-state index is 12.5. The van der Waals surface area contributed by atoms with Crippen molar-refractivity contribution in [2.75, 3.05) is 25.0 Å². The molecule has 2 bridgehead atoms. The van der Waals surface area contributed by atoms with Crippen molar-refractivity contribution in [1.29, 1.82) is 0 Å². The molecule has 1 N–H and O–H groups in total. The van der Waals surface area contributed by atoms with Crippen molar-refractivity contribution < 1.29 is 4.79 Å². The van der Waals surface area contributed by atoms with Gasteiger partial charge in [-0.15, -0.1) is 0 Å². The summed E-state index contributed by atoms with van der Waals surface area (Å²) in [5.74, 6) is 0.762. The molecule has 2 amide bonds. The first-order valence-corrected chi connectivity index (χ1v) is 9.46. The number of carbonyl (C=O) groups excluding carboxylic acids is 1. The van der Waals surface area contributed by atoms with Gasteiger partial charge in [0.1, 0.15) is 0 Å². The van der Waals surface area contributed by atoms with Gasteiger partial charge in [-0.1, -0.05) is 37.0 Å². The van der Waals surface area contributed by atoms with Crippen LogP contribution in [0.5, 0.6) is 0 Å². The Morgan fingerprint density at radius 1 is 1.25 bits per heavy atom. The molecule has 24 heavy (non-hydrogen) atoms. The molecule has 0 aliphatic carbocycles. The zero-order valence-electron chi connectivity index (χ0n) is 14.3. The van der Waals surface area contributed by atoms with E-state index in [9.17, 15) is 4.79 Å². The van der Waals surface area contributed by atoms with Gasteiger partial charge in [0.25, 0.3) is 0 Å². The number of benzene rings is 1. The number of carbonyl (C=O) groups is 1. The molecule has 2 heterocycles. The molecule has 2 fully saturated rings. The third kappa shape index (κ3) is 3.98. The molecular weight excluding hydrogens is 345 g/mol. The van der Waals surface area contributed by atoms with E-state index >= 15 is 0 Å². The first-order chi connectivity index (χ1) is 11.4. The highest BCUT2D eigenvalue weighted by atomic mass is 35.5. The predicted octanol–water partition coefficient (Wildman–Crippen LogP) is 4.72. The lowest BCUT2D eigenvalue weighted by Gasteiger charge is -2.34. The minimum atomic E-state index is -0.0391. The lowest BCUT2D eigenvalue weighted by atomic mass is 10.1. The van der Waals surface area contributed by atoms with Crippen LogP contribution in [-0.4, -0.2) is 47.5 Å². The predicted molar refractivity (Wildman–Crippen MR) is 100 cm³/mol. The van der Waals surface area contributed by atoms with E-state index in [0.29, 0.717) is 27.8 Å². The van der Waals surface area contributed by atoms with Gasteiger partial charge >= 0.3 is 6.03 Å². The molecule has 2 aliphatic rings. The van der Waals surface area contributed by atoms with E-state index in [1.54, 1.807) is 18.2 Å². The topological polar surface area (TPSA) is 35.6 Å². The molecule has 0 saturated carbocycles. The standard InChI is InChI=1S/C18H25Cl2N3O/c1-12(2)4-3-7-22-10-15-9-14(22)11-23(15)18(24)21-13-5-6-16(19)17(20)8-13/h5-6,8,12,14-15H,3-4,7,9-11H2,1-2H3,(H,21,24)/t14-,15-/m1/s1. The number of hydrogen-bond acceptors (Lipinski definition) is 2. The maximum Gasteiger partial charge on any atom is 0.322 e. The van der Waals surface area contributed by atoms with E-state index in [0.717, 1.165) is 32.0 Å². The summed E-state index contributed by atoms with van der Waals surface area (Å²) >= 11 is 11.9. The highest BCUT2D eigenvalue weighted by Crippen LogP contribution is 2.32. The number of fused-ring (bicyclic) bond motifs is 2. The fourth-order valence-electron chi connectivity index (χ4n) is 3.74. The second-order valence-electron chi connectivity index (χ2n) is 7.29. The number of nitrogens with one attached hydrogen (secondary N) is 1. The Hall–Kier alpha value is -0.970. The van der Waals surface area contributed by atoms with Gasteiger partial charge in [-0.2, -0.15) is 0 Å². The average Bonchev–Trinajstić information content (AvgIpc) is 3.10. The molecule has 2 saturated heterocycles. The van der Waals surface area contributed by atoms with Crippen LogP contribution in [0, 0.1) is 5.92 Å². The third-order valence-corrected chi connectivity index (χ3v) is 5.75. The van der Waals surface area contributed by atoms with Crippen LogP contribution in [0.15, 0.2) is 18.2 Å². The molecule has 0 unspecified atom stereocenters. The van der Waals surface area contributed by atoms with Crippen molar-refractivity contribution in [1.82, 2.24) is 9.80 Å². The van der Waals surface area contributed by atoms with Gasteiger partial charge in [0.15, 0.2) is 0 Å². The largest absolute Gasteiger partial charge is 0.322 e. The minimum Gasteiger partial charge on any atom is -0.319 e. The van der Waals surface area contributed by atoms with E-state index in [2.05, 4.69) is 24.1 Å². The van der Waals surface area contributed by atoms with Gasteiger partial charge in [-0.25, -0.2) is 4.79 Å². The van der Waals surface area contributed by atoms with Gasteiger partial charge in [0.05, 0.1) is 10.0 Å². The summed E-state index contributed by atoms with van der Waals surface area (Å²) in [6.45, 7) is 7.51. The van der Waals surface area contributed by atoms with E-state index < -0.39 is 0 Å². The summed E-state index contributed by atoms with van der Waals surface area (Å²) in [7, 11) is 0. The van der Waals surface area contributed by atoms with E-state index in [-0.39, 0.29) is 6.03 Å².